The number of hydrogen-bond acceptors (Lipinski definition) is 5. The molecule has 0 bridgehead atoms. The van der Waals surface area contributed by atoms with Crippen LogP contribution in [0.15, 0.2) is 4.52 Å². The SMILES string of the molecule is CC(C)N1CCC(Cc2nc(CC=O)no2)C1. The summed E-state index contributed by atoms with van der Waals surface area (Å²) in [6, 6.07) is 0.605. The average Bonchev–Trinajstić information content (AvgIpc) is 2.89. The van der Waals surface area contributed by atoms with Gasteiger partial charge in [0.15, 0.2) is 5.82 Å². The molecule has 1 unspecified atom stereocenters. The van der Waals surface area contributed by atoms with Crippen molar-refractivity contribution in [2.75, 3.05) is 13.1 Å². The van der Waals surface area contributed by atoms with Crippen LogP contribution in [0.4, 0.5) is 0 Å². The molecule has 1 aliphatic heterocycles. The van der Waals surface area contributed by atoms with E-state index in [1.165, 1.54) is 6.42 Å². The number of hydrogen-bond donors (Lipinski definition) is 0. The molecule has 0 amide bonds. The van der Waals surface area contributed by atoms with E-state index in [0.717, 1.165) is 25.8 Å². The van der Waals surface area contributed by atoms with Gasteiger partial charge in [0.1, 0.15) is 6.29 Å². The molecular weight excluding hydrogens is 218 g/mol. The highest BCUT2D eigenvalue weighted by Crippen LogP contribution is 2.21. The van der Waals surface area contributed by atoms with Gasteiger partial charge in [-0.05, 0) is 32.7 Å². The Bertz CT molecular complexity index is 376. The number of aromatic nitrogens is 2. The zero-order valence-electron chi connectivity index (χ0n) is 10.4. The van der Waals surface area contributed by atoms with Gasteiger partial charge in [0, 0.05) is 19.0 Å². The lowest BCUT2D eigenvalue weighted by Gasteiger charge is -2.19. The van der Waals surface area contributed by atoms with Crippen LogP contribution >= 0.6 is 0 Å². The van der Waals surface area contributed by atoms with Crippen molar-refractivity contribution in [2.45, 2.75) is 39.2 Å². The number of nitrogens with zero attached hydrogens (tertiary/aromatic N) is 3. The molecule has 1 atom stereocenters. The first-order chi connectivity index (χ1) is 8.19. The van der Waals surface area contributed by atoms with Gasteiger partial charge in [-0.1, -0.05) is 5.16 Å². The van der Waals surface area contributed by atoms with Crippen LogP contribution in [0.25, 0.3) is 0 Å². The van der Waals surface area contributed by atoms with Crippen LogP contribution in [0.2, 0.25) is 0 Å². The molecule has 1 aliphatic rings. The molecule has 0 aliphatic carbocycles. The molecule has 1 aromatic heterocycles. The van der Waals surface area contributed by atoms with Crippen molar-refractivity contribution in [3.8, 4) is 0 Å². The van der Waals surface area contributed by atoms with E-state index in [0.29, 0.717) is 23.7 Å². The summed E-state index contributed by atoms with van der Waals surface area (Å²) in [6.07, 6.45) is 3.05. The highest BCUT2D eigenvalue weighted by Gasteiger charge is 2.25. The predicted molar refractivity (Wildman–Crippen MR) is 62.6 cm³/mol. The van der Waals surface area contributed by atoms with Gasteiger partial charge in [0.25, 0.3) is 0 Å². The lowest BCUT2D eigenvalue weighted by molar-refractivity contribution is -0.107. The zero-order valence-corrected chi connectivity index (χ0v) is 10.4. The third kappa shape index (κ3) is 3.12. The minimum absolute atomic E-state index is 0.242. The Kier molecular flexibility index (Phi) is 3.89. The van der Waals surface area contributed by atoms with E-state index < -0.39 is 0 Å². The summed E-state index contributed by atoms with van der Waals surface area (Å²) < 4.78 is 5.14. The Morgan fingerprint density at radius 3 is 3.06 bits per heavy atom. The van der Waals surface area contributed by atoms with Gasteiger partial charge in [-0.2, -0.15) is 4.98 Å². The molecule has 17 heavy (non-hydrogen) atoms. The van der Waals surface area contributed by atoms with E-state index >= 15 is 0 Å². The molecule has 1 saturated heterocycles. The summed E-state index contributed by atoms with van der Waals surface area (Å²) in [7, 11) is 0. The van der Waals surface area contributed by atoms with Crippen molar-refractivity contribution < 1.29 is 9.32 Å². The Hall–Kier alpha value is -1.23. The van der Waals surface area contributed by atoms with Crippen molar-refractivity contribution >= 4 is 6.29 Å². The molecule has 2 heterocycles. The Morgan fingerprint density at radius 1 is 1.59 bits per heavy atom. The largest absolute Gasteiger partial charge is 0.339 e. The highest BCUT2D eigenvalue weighted by atomic mass is 16.5. The molecule has 1 aromatic rings. The normalized spacial score (nSPS) is 21.2. The van der Waals surface area contributed by atoms with E-state index in [-0.39, 0.29) is 6.42 Å². The maximum Gasteiger partial charge on any atom is 0.226 e. The fourth-order valence-electron chi connectivity index (χ4n) is 2.28. The minimum atomic E-state index is 0.242. The van der Waals surface area contributed by atoms with Crippen LogP contribution in [-0.2, 0) is 17.6 Å². The summed E-state index contributed by atoms with van der Waals surface area (Å²) in [5.41, 5.74) is 0. The van der Waals surface area contributed by atoms with Crippen molar-refractivity contribution in [2.24, 2.45) is 5.92 Å². The second kappa shape index (κ2) is 5.40. The van der Waals surface area contributed by atoms with Crippen molar-refractivity contribution in [3.63, 3.8) is 0 Å². The Labute approximate surface area is 101 Å². The second-order valence-corrected chi connectivity index (χ2v) is 4.92. The summed E-state index contributed by atoms with van der Waals surface area (Å²) in [4.78, 5) is 17.0. The number of likely N-dealkylation sites (tertiary alicyclic amines) is 1. The monoisotopic (exact) mass is 237 g/mol. The fourth-order valence-corrected chi connectivity index (χ4v) is 2.28. The highest BCUT2D eigenvalue weighted by molar-refractivity contribution is 5.52. The van der Waals surface area contributed by atoms with E-state index in [2.05, 4.69) is 28.9 Å². The third-order valence-electron chi connectivity index (χ3n) is 3.29. The van der Waals surface area contributed by atoms with Crippen LogP contribution in [0.3, 0.4) is 0 Å². The molecule has 1 fully saturated rings. The first-order valence-electron chi connectivity index (χ1n) is 6.18. The molecule has 5 nitrogen and oxygen atoms in total. The lowest BCUT2D eigenvalue weighted by Crippen LogP contribution is -2.28. The number of carbonyl (C=O) groups excluding carboxylic acids is 1. The van der Waals surface area contributed by atoms with Crippen LogP contribution in [0, 0.1) is 5.92 Å². The van der Waals surface area contributed by atoms with Gasteiger partial charge in [0.2, 0.25) is 5.89 Å². The van der Waals surface area contributed by atoms with Gasteiger partial charge in [0.05, 0.1) is 6.42 Å². The maximum absolute atomic E-state index is 10.3. The number of rotatable bonds is 5. The Balaban J connectivity index is 1.86. The van der Waals surface area contributed by atoms with Gasteiger partial charge in [-0.15, -0.1) is 0 Å². The summed E-state index contributed by atoms with van der Waals surface area (Å²) in [6.45, 7) is 6.69. The molecular formula is C12H19N3O2. The van der Waals surface area contributed by atoms with Crippen LogP contribution in [-0.4, -0.2) is 40.5 Å². The van der Waals surface area contributed by atoms with E-state index in [4.69, 9.17) is 4.52 Å². The molecule has 0 radical (unpaired) electrons. The standard InChI is InChI=1S/C12H19N3O2/c1-9(2)15-5-3-10(8-15)7-12-13-11(4-6-16)14-17-12/h6,9-10H,3-5,7-8H2,1-2H3. The Morgan fingerprint density at radius 2 is 2.41 bits per heavy atom. The summed E-state index contributed by atoms with van der Waals surface area (Å²) in [5, 5.41) is 3.77. The quantitative estimate of drug-likeness (QED) is 0.717. The lowest BCUT2D eigenvalue weighted by atomic mass is 10.1. The molecule has 5 heteroatoms. The van der Waals surface area contributed by atoms with Crippen LogP contribution in [0.5, 0.6) is 0 Å². The summed E-state index contributed by atoms with van der Waals surface area (Å²) in [5.74, 6) is 1.76. The molecule has 0 aromatic carbocycles. The van der Waals surface area contributed by atoms with Crippen molar-refractivity contribution in [1.29, 1.82) is 0 Å². The molecule has 0 saturated carbocycles. The predicted octanol–water partition coefficient (Wildman–Crippen LogP) is 1.08. The number of aldehydes is 1. The first kappa shape index (κ1) is 12.2. The van der Waals surface area contributed by atoms with Gasteiger partial charge < -0.3 is 14.2 Å². The molecule has 2 rings (SSSR count). The molecule has 94 valence electrons. The van der Waals surface area contributed by atoms with Gasteiger partial charge >= 0.3 is 0 Å². The van der Waals surface area contributed by atoms with Gasteiger partial charge in [-0.3, -0.25) is 0 Å². The first-order valence-corrected chi connectivity index (χ1v) is 6.18. The van der Waals surface area contributed by atoms with Crippen molar-refractivity contribution in [3.05, 3.63) is 11.7 Å². The van der Waals surface area contributed by atoms with E-state index in [1.54, 1.807) is 0 Å². The number of carbonyl (C=O) groups is 1. The van der Waals surface area contributed by atoms with Crippen molar-refractivity contribution in [1.82, 2.24) is 15.0 Å². The second-order valence-electron chi connectivity index (χ2n) is 4.92. The smallest absolute Gasteiger partial charge is 0.226 e. The summed E-state index contributed by atoms with van der Waals surface area (Å²) >= 11 is 0. The van der Waals surface area contributed by atoms with Crippen LogP contribution in [0.1, 0.15) is 32.0 Å². The average molecular weight is 237 g/mol. The minimum Gasteiger partial charge on any atom is -0.339 e. The topological polar surface area (TPSA) is 59.2 Å². The van der Waals surface area contributed by atoms with Crippen LogP contribution < -0.4 is 0 Å². The molecule has 0 spiro atoms. The fraction of sp³-hybridized carbons (Fsp3) is 0.750. The van der Waals surface area contributed by atoms with E-state index in [9.17, 15) is 4.79 Å². The van der Waals surface area contributed by atoms with Gasteiger partial charge in [-0.25, -0.2) is 0 Å². The molecule has 0 N–H and O–H groups in total. The van der Waals surface area contributed by atoms with E-state index in [1.807, 2.05) is 0 Å². The zero-order chi connectivity index (χ0) is 12.3. The third-order valence-corrected chi connectivity index (χ3v) is 3.29. The maximum atomic E-state index is 10.3.